The van der Waals surface area contributed by atoms with Crippen LogP contribution in [-0.4, -0.2) is 39.5 Å². The second-order valence-electron chi connectivity index (χ2n) is 5.09. The van der Waals surface area contributed by atoms with E-state index in [4.69, 9.17) is 16.1 Å². The summed E-state index contributed by atoms with van der Waals surface area (Å²) in [7, 11) is 3.68. The van der Waals surface area contributed by atoms with Gasteiger partial charge in [0, 0.05) is 32.6 Å². The van der Waals surface area contributed by atoms with E-state index in [1.807, 2.05) is 46.9 Å². The van der Waals surface area contributed by atoms with Crippen molar-refractivity contribution in [3.8, 4) is 0 Å². The summed E-state index contributed by atoms with van der Waals surface area (Å²) in [6, 6.07) is 5.54. The molecule has 9 heteroatoms. The molecule has 3 aromatic heterocycles. The molecule has 0 fully saturated rings. The van der Waals surface area contributed by atoms with Crippen LogP contribution < -0.4 is 5.32 Å². The van der Waals surface area contributed by atoms with Gasteiger partial charge in [0.05, 0.1) is 23.8 Å². The molecule has 0 aliphatic heterocycles. The summed E-state index contributed by atoms with van der Waals surface area (Å²) in [6.07, 6.45) is 5.33. The van der Waals surface area contributed by atoms with Gasteiger partial charge in [-0.05, 0) is 12.1 Å². The second-order valence-corrected chi connectivity index (χ2v) is 5.53. The quantitative estimate of drug-likeness (QED) is 0.368. The summed E-state index contributed by atoms with van der Waals surface area (Å²) in [5.74, 6) is 0.753. The van der Waals surface area contributed by atoms with Gasteiger partial charge in [-0.15, -0.1) is 24.0 Å². The summed E-state index contributed by atoms with van der Waals surface area (Å²) < 4.78 is 6.74. The summed E-state index contributed by atoms with van der Waals surface area (Å²) in [5.41, 5.74) is 2.61. The van der Waals surface area contributed by atoms with E-state index < -0.39 is 0 Å². The number of hydrogen-bond acceptors (Lipinski definition) is 4. The molecule has 0 atom stereocenters. The van der Waals surface area contributed by atoms with Crippen LogP contribution in [0.25, 0.3) is 5.65 Å². The molecule has 0 unspecified atom stereocenters. The molecule has 0 aliphatic rings. The number of hydrogen-bond donors (Lipinski definition) is 1. The number of nitrogens with zero attached hydrogens (tertiary/aromatic N) is 5. The number of nitrogens with one attached hydrogen (secondary N) is 1. The molecular formula is C15H18ClIN6O. The number of guanidine groups is 1. The fraction of sp³-hybridized carbons (Fsp3) is 0.267. The van der Waals surface area contributed by atoms with E-state index in [2.05, 4.69) is 20.4 Å². The monoisotopic (exact) mass is 460 g/mol. The van der Waals surface area contributed by atoms with Crippen molar-refractivity contribution in [2.45, 2.75) is 13.1 Å². The van der Waals surface area contributed by atoms with E-state index in [-0.39, 0.29) is 24.0 Å². The minimum Gasteiger partial charge on any atom is -0.364 e. The van der Waals surface area contributed by atoms with Crippen molar-refractivity contribution in [3.63, 3.8) is 0 Å². The average Bonchev–Trinajstić information content (AvgIpc) is 3.16. The zero-order chi connectivity index (χ0) is 16.2. The molecule has 0 bridgehead atoms. The molecule has 0 saturated heterocycles. The van der Waals surface area contributed by atoms with Crippen molar-refractivity contribution in [2.24, 2.45) is 4.99 Å². The van der Waals surface area contributed by atoms with Gasteiger partial charge in [-0.25, -0.2) is 4.98 Å². The summed E-state index contributed by atoms with van der Waals surface area (Å²) in [4.78, 5) is 10.8. The maximum absolute atomic E-state index is 5.98. The predicted molar refractivity (Wildman–Crippen MR) is 104 cm³/mol. The highest BCUT2D eigenvalue weighted by Gasteiger charge is 2.09. The molecule has 24 heavy (non-hydrogen) atoms. The lowest BCUT2D eigenvalue weighted by atomic mass is 10.4. The predicted octanol–water partition coefficient (Wildman–Crippen LogP) is 2.80. The van der Waals surface area contributed by atoms with Crippen LogP contribution in [0.15, 0.2) is 46.4 Å². The van der Waals surface area contributed by atoms with Crippen molar-refractivity contribution in [2.75, 3.05) is 14.1 Å². The van der Waals surface area contributed by atoms with Crippen molar-refractivity contribution in [3.05, 3.63) is 53.3 Å². The highest BCUT2D eigenvalue weighted by Crippen LogP contribution is 2.11. The Morgan fingerprint density at radius 3 is 2.88 bits per heavy atom. The van der Waals surface area contributed by atoms with Crippen LogP contribution in [0.3, 0.4) is 0 Å². The molecule has 0 amide bonds. The third kappa shape index (κ3) is 4.38. The largest absolute Gasteiger partial charge is 0.364 e. The molecule has 0 radical (unpaired) electrons. The first-order valence-electron chi connectivity index (χ1n) is 7.10. The number of rotatable bonds is 4. The minimum atomic E-state index is 0. The second kappa shape index (κ2) is 8.34. The summed E-state index contributed by atoms with van der Waals surface area (Å²) in [5, 5.41) is 7.86. The van der Waals surface area contributed by atoms with Gasteiger partial charge in [0.15, 0.2) is 5.96 Å². The van der Waals surface area contributed by atoms with E-state index in [0.29, 0.717) is 18.1 Å². The Balaban J connectivity index is 0.00000208. The number of aliphatic imine (C=N–C) groups is 1. The van der Waals surface area contributed by atoms with Crippen LogP contribution in [0.5, 0.6) is 0 Å². The van der Waals surface area contributed by atoms with Crippen LogP contribution in [0.4, 0.5) is 0 Å². The third-order valence-electron chi connectivity index (χ3n) is 3.36. The Labute approximate surface area is 161 Å². The van der Waals surface area contributed by atoms with E-state index >= 15 is 0 Å². The lowest BCUT2D eigenvalue weighted by molar-refractivity contribution is 0.391. The number of imidazole rings is 1. The van der Waals surface area contributed by atoms with Crippen LogP contribution in [0.2, 0.25) is 5.02 Å². The number of pyridine rings is 1. The van der Waals surface area contributed by atoms with Crippen LogP contribution >= 0.6 is 35.6 Å². The molecule has 3 heterocycles. The normalized spacial score (nSPS) is 11.4. The maximum Gasteiger partial charge on any atom is 0.194 e. The SMILES string of the molecule is CN=C(NCc1cn2cc(Cl)ccc2n1)N(C)Cc1ccon1.I. The van der Waals surface area contributed by atoms with Crippen LogP contribution in [0.1, 0.15) is 11.4 Å². The fourth-order valence-electron chi connectivity index (χ4n) is 2.29. The first kappa shape index (κ1) is 18.5. The van der Waals surface area contributed by atoms with Gasteiger partial charge in [0.2, 0.25) is 0 Å². The molecular weight excluding hydrogens is 443 g/mol. The highest BCUT2D eigenvalue weighted by molar-refractivity contribution is 14.0. The van der Waals surface area contributed by atoms with Gasteiger partial charge in [0.1, 0.15) is 17.6 Å². The Kier molecular flexibility index (Phi) is 6.44. The number of halogens is 2. The maximum atomic E-state index is 5.98. The molecule has 0 saturated carbocycles. The van der Waals surface area contributed by atoms with Gasteiger partial charge in [0.25, 0.3) is 0 Å². The molecule has 0 aliphatic carbocycles. The lowest BCUT2D eigenvalue weighted by Gasteiger charge is -2.20. The molecule has 3 aromatic rings. The molecule has 3 rings (SSSR count). The Bertz CT molecular complexity index is 817. The lowest BCUT2D eigenvalue weighted by Crippen LogP contribution is -2.38. The average molecular weight is 461 g/mol. The van der Waals surface area contributed by atoms with E-state index in [9.17, 15) is 0 Å². The zero-order valence-electron chi connectivity index (χ0n) is 13.3. The fourth-order valence-corrected chi connectivity index (χ4v) is 2.46. The van der Waals surface area contributed by atoms with Crippen LogP contribution in [0, 0.1) is 0 Å². The Morgan fingerprint density at radius 2 is 2.17 bits per heavy atom. The molecule has 0 aromatic carbocycles. The van der Waals surface area contributed by atoms with Gasteiger partial charge in [-0.1, -0.05) is 16.8 Å². The van der Waals surface area contributed by atoms with E-state index in [0.717, 1.165) is 23.0 Å². The third-order valence-corrected chi connectivity index (χ3v) is 3.58. The first-order chi connectivity index (χ1) is 11.2. The number of fused-ring (bicyclic) bond motifs is 1. The molecule has 128 valence electrons. The van der Waals surface area contributed by atoms with Crippen molar-refractivity contribution >= 4 is 47.2 Å². The Morgan fingerprint density at radius 1 is 1.33 bits per heavy atom. The highest BCUT2D eigenvalue weighted by atomic mass is 127. The Hall–Kier alpha value is -1.81. The topological polar surface area (TPSA) is 71.0 Å². The number of aromatic nitrogens is 3. The van der Waals surface area contributed by atoms with E-state index in [1.165, 1.54) is 0 Å². The van der Waals surface area contributed by atoms with Crippen molar-refractivity contribution in [1.29, 1.82) is 0 Å². The van der Waals surface area contributed by atoms with Crippen molar-refractivity contribution < 1.29 is 4.52 Å². The molecule has 1 N–H and O–H groups in total. The smallest absolute Gasteiger partial charge is 0.194 e. The summed E-state index contributed by atoms with van der Waals surface area (Å²) in [6.45, 7) is 1.17. The van der Waals surface area contributed by atoms with Crippen LogP contribution in [-0.2, 0) is 13.1 Å². The van der Waals surface area contributed by atoms with Gasteiger partial charge >= 0.3 is 0 Å². The zero-order valence-corrected chi connectivity index (χ0v) is 16.4. The summed E-state index contributed by atoms with van der Waals surface area (Å²) >= 11 is 5.98. The first-order valence-corrected chi connectivity index (χ1v) is 7.47. The minimum absolute atomic E-state index is 0. The van der Waals surface area contributed by atoms with Gasteiger partial charge in [-0.3, -0.25) is 4.99 Å². The molecule has 0 spiro atoms. The van der Waals surface area contributed by atoms with Crippen molar-refractivity contribution in [1.82, 2.24) is 24.8 Å². The van der Waals surface area contributed by atoms with Gasteiger partial charge in [-0.2, -0.15) is 0 Å². The standard InChI is InChI=1S/C15H17ClN6O.HI/c1-17-15(21(2)9-12-5-6-23-20-12)18-7-13-10-22-8-11(16)3-4-14(22)19-13;/h3-6,8,10H,7,9H2,1-2H3,(H,17,18);1H. The van der Waals surface area contributed by atoms with E-state index in [1.54, 1.807) is 13.3 Å². The molecule has 7 nitrogen and oxygen atoms in total. The van der Waals surface area contributed by atoms with Gasteiger partial charge < -0.3 is 19.1 Å².